The third-order valence-corrected chi connectivity index (χ3v) is 4.95. The summed E-state index contributed by atoms with van der Waals surface area (Å²) in [7, 11) is 2.08. The third-order valence-electron chi connectivity index (χ3n) is 4.15. The Hall–Kier alpha value is -1.19. The summed E-state index contributed by atoms with van der Waals surface area (Å²) in [6.45, 7) is 0. The number of aryl methyl sites for hydroxylation is 1. The summed E-state index contributed by atoms with van der Waals surface area (Å²) in [6.07, 6.45) is 6.76. The van der Waals surface area contributed by atoms with Crippen LogP contribution >= 0.6 is 11.3 Å². The van der Waals surface area contributed by atoms with E-state index in [9.17, 15) is 0 Å². The number of nitrogens with zero attached hydrogens (tertiary/aromatic N) is 1. The van der Waals surface area contributed by atoms with Crippen LogP contribution in [0.4, 0.5) is 0 Å². The molecule has 1 N–H and O–H groups in total. The minimum absolute atomic E-state index is 0.493. The zero-order valence-corrected chi connectivity index (χ0v) is 12.1. The van der Waals surface area contributed by atoms with Gasteiger partial charge in [0.25, 0.3) is 0 Å². The first kappa shape index (κ1) is 12.8. The van der Waals surface area contributed by atoms with Crippen LogP contribution in [0.1, 0.15) is 34.9 Å². The highest BCUT2D eigenvalue weighted by Crippen LogP contribution is 2.35. The van der Waals surface area contributed by atoms with E-state index in [1.807, 2.05) is 6.20 Å². The number of hydrogen-bond acceptors (Lipinski definition) is 3. The van der Waals surface area contributed by atoms with Crippen molar-refractivity contribution < 1.29 is 0 Å². The molecular formula is C16H20N2S. The molecule has 0 aliphatic heterocycles. The number of fused-ring (bicyclic) bond motifs is 1. The van der Waals surface area contributed by atoms with Gasteiger partial charge in [0, 0.05) is 24.0 Å². The van der Waals surface area contributed by atoms with E-state index in [0.717, 1.165) is 6.42 Å². The van der Waals surface area contributed by atoms with E-state index in [1.54, 1.807) is 16.9 Å². The number of nitrogens with one attached hydrogen (secondary N) is 1. The first-order valence-electron chi connectivity index (χ1n) is 7.02. The Kier molecular flexibility index (Phi) is 3.95. The fourth-order valence-electron chi connectivity index (χ4n) is 3.20. The molecule has 1 aromatic carbocycles. The molecule has 2 nitrogen and oxygen atoms in total. The molecular weight excluding hydrogens is 252 g/mol. The van der Waals surface area contributed by atoms with E-state index < -0.39 is 0 Å². The lowest BCUT2D eigenvalue weighted by molar-refractivity contribution is 0.411. The Balaban J connectivity index is 1.84. The third kappa shape index (κ3) is 2.72. The second-order valence-electron chi connectivity index (χ2n) is 5.22. The van der Waals surface area contributed by atoms with Crippen LogP contribution in [-0.2, 0) is 12.8 Å². The standard InChI is InChI=1S/C16H20N2S/c1-17-15(11-16-18-9-10-19-16)14-8-4-6-12-5-2-3-7-13(12)14/h2-3,5,7,9-10,14-15,17H,4,6,8,11H2,1H3. The molecule has 0 saturated heterocycles. The maximum Gasteiger partial charge on any atom is 0.0940 e. The molecule has 3 heteroatoms. The summed E-state index contributed by atoms with van der Waals surface area (Å²) in [5.74, 6) is 0.624. The molecule has 2 atom stereocenters. The van der Waals surface area contributed by atoms with Crippen molar-refractivity contribution in [2.45, 2.75) is 37.6 Å². The summed E-state index contributed by atoms with van der Waals surface area (Å²) in [6, 6.07) is 9.43. The number of benzene rings is 1. The molecule has 19 heavy (non-hydrogen) atoms. The van der Waals surface area contributed by atoms with Crippen LogP contribution in [0.2, 0.25) is 0 Å². The van der Waals surface area contributed by atoms with E-state index in [1.165, 1.54) is 29.8 Å². The van der Waals surface area contributed by atoms with Crippen molar-refractivity contribution in [2.24, 2.45) is 0 Å². The molecule has 0 amide bonds. The molecule has 1 aliphatic carbocycles. The molecule has 1 heterocycles. The number of likely N-dealkylation sites (N-methyl/N-ethyl adjacent to an activating group) is 1. The average molecular weight is 272 g/mol. The molecule has 1 aliphatic rings. The maximum absolute atomic E-state index is 4.43. The lowest BCUT2D eigenvalue weighted by atomic mass is 9.78. The Morgan fingerprint density at radius 2 is 2.32 bits per heavy atom. The van der Waals surface area contributed by atoms with Crippen LogP contribution in [0.3, 0.4) is 0 Å². The number of rotatable bonds is 4. The fourth-order valence-corrected chi connectivity index (χ4v) is 3.87. The summed E-state index contributed by atoms with van der Waals surface area (Å²) in [5, 5.41) is 6.82. The molecule has 100 valence electrons. The monoisotopic (exact) mass is 272 g/mol. The van der Waals surface area contributed by atoms with E-state index >= 15 is 0 Å². The Bertz CT molecular complexity index is 521. The van der Waals surface area contributed by atoms with Crippen LogP contribution in [-0.4, -0.2) is 18.1 Å². The molecule has 2 aromatic rings. The van der Waals surface area contributed by atoms with Gasteiger partial charge in [0.05, 0.1) is 5.01 Å². The minimum Gasteiger partial charge on any atom is -0.316 e. The van der Waals surface area contributed by atoms with Crippen LogP contribution in [0.25, 0.3) is 0 Å². The van der Waals surface area contributed by atoms with Gasteiger partial charge in [-0.05, 0) is 43.4 Å². The number of hydrogen-bond donors (Lipinski definition) is 1. The molecule has 1 aromatic heterocycles. The van der Waals surface area contributed by atoms with Gasteiger partial charge in [-0.15, -0.1) is 11.3 Å². The second-order valence-corrected chi connectivity index (χ2v) is 6.20. The predicted octanol–water partition coefficient (Wildman–Crippen LogP) is 3.39. The Morgan fingerprint density at radius 3 is 3.11 bits per heavy atom. The summed E-state index contributed by atoms with van der Waals surface area (Å²) in [5.41, 5.74) is 3.09. The van der Waals surface area contributed by atoms with Gasteiger partial charge in [0.2, 0.25) is 0 Å². The molecule has 0 bridgehead atoms. The van der Waals surface area contributed by atoms with Crippen LogP contribution in [0.5, 0.6) is 0 Å². The van der Waals surface area contributed by atoms with E-state index in [4.69, 9.17) is 0 Å². The maximum atomic E-state index is 4.43. The largest absolute Gasteiger partial charge is 0.316 e. The van der Waals surface area contributed by atoms with Gasteiger partial charge in [-0.2, -0.15) is 0 Å². The van der Waals surface area contributed by atoms with E-state index in [2.05, 4.69) is 47.0 Å². The number of aromatic nitrogens is 1. The average Bonchev–Trinajstić information content (AvgIpc) is 2.97. The number of thiazole rings is 1. The van der Waals surface area contributed by atoms with Crippen molar-refractivity contribution in [1.29, 1.82) is 0 Å². The van der Waals surface area contributed by atoms with Crippen LogP contribution < -0.4 is 5.32 Å². The molecule has 0 fully saturated rings. The van der Waals surface area contributed by atoms with E-state index in [0.29, 0.717) is 12.0 Å². The summed E-state index contributed by atoms with van der Waals surface area (Å²) >= 11 is 1.76. The zero-order chi connectivity index (χ0) is 13.1. The highest BCUT2D eigenvalue weighted by Gasteiger charge is 2.27. The highest BCUT2D eigenvalue weighted by atomic mass is 32.1. The Labute approximate surface area is 118 Å². The van der Waals surface area contributed by atoms with Crippen molar-refractivity contribution in [3.8, 4) is 0 Å². The Morgan fingerprint density at radius 1 is 1.42 bits per heavy atom. The lowest BCUT2D eigenvalue weighted by Crippen LogP contribution is -2.36. The summed E-state index contributed by atoms with van der Waals surface area (Å²) < 4.78 is 0. The second kappa shape index (κ2) is 5.85. The van der Waals surface area contributed by atoms with Crippen LogP contribution in [0.15, 0.2) is 35.8 Å². The lowest BCUT2D eigenvalue weighted by Gasteiger charge is -2.32. The van der Waals surface area contributed by atoms with Gasteiger partial charge in [-0.3, -0.25) is 0 Å². The van der Waals surface area contributed by atoms with Crippen molar-refractivity contribution >= 4 is 11.3 Å². The zero-order valence-electron chi connectivity index (χ0n) is 11.3. The first-order chi connectivity index (χ1) is 9.38. The van der Waals surface area contributed by atoms with Crippen LogP contribution in [0, 0.1) is 0 Å². The molecule has 2 unspecified atom stereocenters. The van der Waals surface area contributed by atoms with E-state index in [-0.39, 0.29) is 0 Å². The van der Waals surface area contributed by atoms with Crippen molar-refractivity contribution in [1.82, 2.24) is 10.3 Å². The van der Waals surface area contributed by atoms with Gasteiger partial charge in [-0.1, -0.05) is 24.3 Å². The molecule has 0 saturated carbocycles. The van der Waals surface area contributed by atoms with Gasteiger partial charge in [-0.25, -0.2) is 4.98 Å². The summed E-state index contributed by atoms with van der Waals surface area (Å²) in [4.78, 5) is 4.43. The SMILES string of the molecule is CNC(Cc1nccs1)C1CCCc2ccccc21. The fraction of sp³-hybridized carbons (Fsp3) is 0.438. The molecule has 3 rings (SSSR count). The van der Waals surface area contributed by atoms with Crippen molar-refractivity contribution in [2.75, 3.05) is 7.05 Å². The van der Waals surface area contributed by atoms with Gasteiger partial charge in [0.1, 0.15) is 0 Å². The predicted molar refractivity (Wildman–Crippen MR) is 80.8 cm³/mol. The van der Waals surface area contributed by atoms with Crippen molar-refractivity contribution in [3.63, 3.8) is 0 Å². The molecule has 0 spiro atoms. The van der Waals surface area contributed by atoms with Gasteiger partial charge >= 0.3 is 0 Å². The van der Waals surface area contributed by atoms with Crippen molar-refractivity contribution in [3.05, 3.63) is 52.0 Å². The minimum atomic E-state index is 0.493. The highest BCUT2D eigenvalue weighted by molar-refractivity contribution is 7.09. The topological polar surface area (TPSA) is 24.9 Å². The normalized spacial score (nSPS) is 19.9. The molecule has 0 radical (unpaired) electrons. The first-order valence-corrected chi connectivity index (χ1v) is 7.90. The quantitative estimate of drug-likeness (QED) is 0.923. The smallest absolute Gasteiger partial charge is 0.0940 e. The van der Waals surface area contributed by atoms with Gasteiger partial charge < -0.3 is 5.32 Å². The van der Waals surface area contributed by atoms with Gasteiger partial charge in [0.15, 0.2) is 0 Å².